The Balaban J connectivity index is 0.00000147. The highest BCUT2D eigenvalue weighted by molar-refractivity contribution is 5.85. The first-order valence-corrected chi connectivity index (χ1v) is 6.96. The third-order valence-electron chi connectivity index (χ3n) is 3.89. The van der Waals surface area contributed by atoms with Gasteiger partial charge in [0.1, 0.15) is 0 Å². The maximum absolute atomic E-state index is 3.31. The van der Waals surface area contributed by atoms with Crippen LogP contribution in [-0.2, 0) is 0 Å². The Labute approximate surface area is 127 Å². The molecular formula is C17H21ClN2. The lowest BCUT2D eigenvalue weighted by atomic mass is 9.89. The van der Waals surface area contributed by atoms with Crippen LogP contribution in [0.25, 0.3) is 0 Å². The van der Waals surface area contributed by atoms with E-state index in [1.165, 1.54) is 23.4 Å². The SMILES string of the molecule is CNCC1CCN(c2ccccc2)c2ccccc21.Cl. The quantitative estimate of drug-likeness (QED) is 0.920. The minimum absolute atomic E-state index is 0. The van der Waals surface area contributed by atoms with Gasteiger partial charge in [0.15, 0.2) is 0 Å². The van der Waals surface area contributed by atoms with Crippen LogP contribution in [0, 0.1) is 0 Å². The van der Waals surface area contributed by atoms with Crippen molar-refractivity contribution in [2.45, 2.75) is 12.3 Å². The largest absolute Gasteiger partial charge is 0.341 e. The van der Waals surface area contributed by atoms with Gasteiger partial charge in [-0.3, -0.25) is 0 Å². The van der Waals surface area contributed by atoms with Crippen LogP contribution in [0.1, 0.15) is 17.9 Å². The van der Waals surface area contributed by atoms with Gasteiger partial charge in [0.25, 0.3) is 0 Å². The average Bonchev–Trinajstić information content (AvgIpc) is 2.49. The second kappa shape index (κ2) is 6.78. The summed E-state index contributed by atoms with van der Waals surface area (Å²) < 4.78 is 0. The Hall–Kier alpha value is -1.51. The zero-order valence-corrected chi connectivity index (χ0v) is 12.6. The first-order valence-electron chi connectivity index (χ1n) is 6.96. The molecule has 1 aliphatic heterocycles. The van der Waals surface area contributed by atoms with Crippen LogP contribution in [0.15, 0.2) is 54.6 Å². The fourth-order valence-corrected chi connectivity index (χ4v) is 2.97. The number of para-hydroxylation sites is 2. The van der Waals surface area contributed by atoms with Crippen LogP contribution in [0.2, 0.25) is 0 Å². The van der Waals surface area contributed by atoms with Crippen LogP contribution in [0.4, 0.5) is 11.4 Å². The molecular weight excluding hydrogens is 268 g/mol. The van der Waals surface area contributed by atoms with Gasteiger partial charge < -0.3 is 10.2 Å². The Bertz CT molecular complexity index is 542. The van der Waals surface area contributed by atoms with Crippen molar-refractivity contribution in [2.75, 3.05) is 25.0 Å². The van der Waals surface area contributed by atoms with Crippen molar-refractivity contribution < 1.29 is 0 Å². The van der Waals surface area contributed by atoms with E-state index < -0.39 is 0 Å². The Kier molecular flexibility index (Phi) is 5.05. The highest BCUT2D eigenvalue weighted by Gasteiger charge is 2.24. The molecule has 2 aromatic rings. The van der Waals surface area contributed by atoms with Crippen molar-refractivity contribution in [3.63, 3.8) is 0 Å². The number of benzene rings is 2. The molecule has 0 bridgehead atoms. The van der Waals surface area contributed by atoms with Crippen molar-refractivity contribution >= 4 is 23.8 Å². The number of likely N-dealkylation sites (N-methyl/N-ethyl adjacent to an activating group) is 1. The van der Waals surface area contributed by atoms with E-state index in [-0.39, 0.29) is 12.4 Å². The minimum atomic E-state index is 0. The molecule has 1 atom stereocenters. The summed E-state index contributed by atoms with van der Waals surface area (Å²) >= 11 is 0. The average molecular weight is 289 g/mol. The Morgan fingerprint density at radius 2 is 1.75 bits per heavy atom. The zero-order chi connectivity index (χ0) is 13.1. The number of nitrogens with one attached hydrogen (secondary N) is 1. The van der Waals surface area contributed by atoms with Crippen LogP contribution in [0.3, 0.4) is 0 Å². The fourth-order valence-electron chi connectivity index (χ4n) is 2.97. The molecule has 0 aromatic heterocycles. The molecule has 1 N–H and O–H groups in total. The molecule has 2 nitrogen and oxygen atoms in total. The lowest BCUT2D eigenvalue weighted by Gasteiger charge is -2.35. The molecule has 0 saturated carbocycles. The van der Waals surface area contributed by atoms with E-state index in [2.05, 4.69) is 64.8 Å². The first-order chi connectivity index (χ1) is 9.40. The molecule has 0 aliphatic carbocycles. The van der Waals surface area contributed by atoms with Crippen molar-refractivity contribution in [3.05, 3.63) is 60.2 Å². The monoisotopic (exact) mass is 288 g/mol. The van der Waals surface area contributed by atoms with E-state index >= 15 is 0 Å². The fraction of sp³-hybridized carbons (Fsp3) is 0.294. The minimum Gasteiger partial charge on any atom is -0.341 e. The molecule has 0 saturated heterocycles. The lowest BCUT2D eigenvalue weighted by Crippen LogP contribution is -2.30. The van der Waals surface area contributed by atoms with E-state index in [0.717, 1.165) is 13.1 Å². The molecule has 1 unspecified atom stereocenters. The van der Waals surface area contributed by atoms with Crippen LogP contribution in [0.5, 0.6) is 0 Å². The summed E-state index contributed by atoms with van der Waals surface area (Å²) in [5.74, 6) is 0.626. The van der Waals surface area contributed by atoms with E-state index in [4.69, 9.17) is 0 Å². The Morgan fingerprint density at radius 3 is 2.50 bits per heavy atom. The first kappa shape index (κ1) is 14.9. The maximum atomic E-state index is 3.31. The molecule has 0 radical (unpaired) electrons. The maximum Gasteiger partial charge on any atom is 0.0446 e. The van der Waals surface area contributed by atoms with E-state index in [9.17, 15) is 0 Å². The van der Waals surface area contributed by atoms with Gasteiger partial charge in [-0.1, -0.05) is 36.4 Å². The second-order valence-electron chi connectivity index (χ2n) is 5.09. The molecule has 3 heteroatoms. The summed E-state index contributed by atoms with van der Waals surface area (Å²) in [4.78, 5) is 2.43. The van der Waals surface area contributed by atoms with Gasteiger partial charge in [0, 0.05) is 30.4 Å². The predicted octanol–water partition coefficient (Wildman–Crippen LogP) is 3.95. The van der Waals surface area contributed by atoms with Crippen LogP contribution >= 0.6 is 12.4 Å². The van der Waals surface area contributed by atoms with Crippen LogP contribution < -0.4 is 10.2 Å². The number of fused-ring (bicyclic) bond motifs is 1. The number of rotatable bonds is 3. The third-order valence-corrected chi connectivity index (χ3v) is 3.89. The highest BCUT2D eigenvalue weighted by Crippen LogP contribution is 2.38. The van der Waals surface area contributed by atoms with Crippen molar-refractivity contribution in [3.8, 4) is 0 Å². The summed E-state index contributed by atoms with van der Waals surface area (Å²) in [5, 5.41) is 3.31. The molecule has 0 amide bonds. The summed E-state index contributed by atoms with van der Waals surface area (Å²) in [6.45, 7) is 2.15. The smallest absolute Gasteiger partial charge is 0.0446 e. The number of hydrogen-bond donors (Lipinski definition) is 1. The summed E-state index contributed by atoms with van der Waals surface area (Å²) in [6.07, 6.45) is 1.20. The highest BCUT2D eigenvalue weighted by atomic mass is 35.5. The van der Waals surface area contributed by atoms with Gasteiger partial charge in [0.2, 0.25) is 0 Å². The lowest BCUT2D eigenvalue weighted by molar-refractivity contribution is 0.568. The standard InChI is InChI=1S/C17H20N2.ClH/c1-18-13-14-11-12-19(15-7-3-2-4-8-15)17-10-6-5-9-16(14)17;/h2-10,14,18H,11-13H2,1H3;1H. The molecule has 0 fully saturated rings. The van der Waals surface area contributed by atoms with Gasteiger partial charge in [0.05, 0.1) is 0 Å². The van der Waals surface area contributed by atoms with Gasteiger partial charge in [-0.2, -0.15) is 0 Å². The molecule has 1 aliphatic rings. The van der Waals surface area contributed by atoms with Gasteiger partial charge in [-0.05, 0) is 37.2 Å². The van der Waals surface area contributed by atoms with Crippen LogP contribution in [-0.4, -0.2) is 20.1 Å². The molecule has 0 spiro atoms. The summed E-state index contributed by atoms with van der Waals surface area (Å²) in [5.41, 5.74) is 4.12. The third kappa shape index (κ3) is 2.82. The van der Waals surface area contributed by atoms with E-state index in [1.54, 1.807) is 0 Å². The van der Waals surface area contributed by atoms with E-state index in [0.29, 0.717) is 5.92 Å². The zero-order valence-electron chi connectivity index (χ0n) is 11.8. The number of nitrogens with zero attached hydrogens (tertiary/aromatic N) is 1. The van der Waals surface area contributed by atoms with Crippen molar-refractivity contribution in [2.24, 2.45) is 0 Å². The van der Waals surface area contributed by atoms with Gasteiger partial charge in [-0.25, -0.2) is 0 Å². The molecule has 20 heavy (non-hydrogen) atoms. The van der Waals surface area contributed by atoms with Gasteiger partial charge >= 0.3 is 0 Å². The van der Waals surface area contributed by atoms with Crippen molar-refractivity contribution in [1.82, 2.24) is 5.32 Å². The van der Waals surface area contributed by atoms with Gasteiger partial charge in [-0.15, -0.1) is 12.4 Å². The van der Waals surface area contributed by atoms with Crippen molar-refractivity contribution in [1.29, 1.82) is 0 Å². The summed E-state index contributed by atoms with van der Waals surface area (Å²) in [6, 6.07) is 19.5. The summed E-state index contributed by atoms with van der Waals surface area (Å²) in [7, 11) is 2.03. The molecule has 3 rings (SSSR count). The topological polar surface area (TPSA) is 15.3 Å². The molecule has 1 heterocycles. The number of halogens is 1. The number of hydrogen-bond acceptors (Lipinski definition) is 2. The number of anilines is 2. The molecule has 2 aromatic carbocycles. The Morgan fingerprint density at radius 1 is 1.05 bits per heavy atom. The normalized spacial score (nSPS) is 17.2. The predicted molar refractivity (Wildman–Crippen MR) is 88.4 cm³/mol. The van der Waals surface area contributed by atoms with E-state index in [1.807, 2.05) is 7.05 Å². The molecule has 106 valence electrons. The second-order valence-corrected chi connectivity index (χ2v) is 5.09.